The first kappa shape index (κ1) is 25.0. The molecule has 3 aliphatic rings. The Hall–Kier alpha value is -2.15. The molecule has 1 fully saturated rings. The fourth-order valence-corrected chi connectivity index (χ4v) is 4.89. The van der Waals surface area contributed by atoms with Crippen molar-refractivity contribution >= 4 is 23.3 Å². The van der Waals surface area contributed by atoms with E-state index in [0.717, 1.165) is 75.3 Å². The van der Waals surface area contributed by atoms with Crippen LogP contribution < -0.4 is 10.6 Å². The van der Waals surface area contributed by atoms with Crippen LogP contribution in [-0.4, -0.2) is 67.7 Å². The van der Waals surface area contributed by atoms with Crippen molar-refractivity contribution in [2.24, 2.45) is 16.8 Å². The maximum Gasteiger partial charge on any atom is 0.125 e. The number of anilines is 1. The molecule has 7 heteroatoms. The van der Waals surface area contributed by atoms with Gasteiger partial charge >= 0.3 is 0 Å². The van der Waals surface area contributed by atoms with Gasteiger partial charge in [-0.1, -0.05) is 43.7 Å². The standard InChI is InChI=1S/C27H38ClN5O/c1-3-33(4-2)12-5-13-34-24-15-25-22(18-31-27(25)32-19-24)14-21-8-11-26(30-17-21)29-16-20-6-9-23(28)10-7-20/h6,8-11,15,17,20,22,24H,3-5,7,12-14,16,18-19H2,1-2H3,(H,29,30)(H,31,32). The number of hydrogen-bond donors (Lipinski definition) is 2. The molecular formula is C27H38ClN5O. The van der Waals surface area contributed by atoms with Gasteiger partial charge in [0, 0.05) is 43.4 Å². The van der Waals surface area contributed by atoms with Crippen molar-refractivity contribution in [1.82, 2.24) is 15.2 Å². The minimum absolute atomic E-state index is 0.0844. The van der Waals surface area contributed by atoms with Crippen molar-refractivity contribution in [2.45, 2.75) is 39.2 Å². The SMILES string of the molecule is CCN(CC)CCCOC1C=C2C(=NC1)NCC2Cc1ccc(NCC2C=CC(Cl)=CC2)nc1. The average Bonchev–Trinajstić information content (AvgIpc) is 3.26. The van der Waals surface area contributed by atoms with Crippen LogP contribution in [-0.2, 0) is 11.2 Å². The van der Waals surface area contributed by atoms with E-state index in [-0.39, 0.29) is 6.10 Å². The number of ether oxygens (including phenoxy) is 1. The first-order valence-corrected chi connectivity index (χ1v) is 13.1. The van der Waals surface area contributed by atoms with Gasteiger partial charge in [-0.15, -0.1) is 0 Å². The van der Waals surface area contributed by atoms with Crippen molar-refractivity contribution in [2.75, 3.05) is 51.2 Å². The Morgan fingerprint density at radius 2 is 2.15 bits per heavy atom. The van der Waals surface area contributed by atoms with Gasteiger partial charge in [-0.3, -0.25) is 4.99 Å². The van der Waals surface area contributed by atoms with E-state index in [1.807, 2.05) is 12.3 Å². The number of aromatic nitrogens is 1. The monoisotopic (exact) mass is 483 g/mol. The van der Waals surface area contributed by atoms with Crippen LogP contribution in [0.15, 0.2) is 58.2 Å². The molecule has 3 unspecified atom stereocenters. The number of nitrogens with zero attached hydrogens (tertiary/aromatic N) is 3. The molecule has 2 aliphatic heterocycles. The van der Waals surface area contributed by atoms with Crippen molar-refractivity contribution in [3.8, 4) is 0 Å². The van der Waals surface area contributed by atoms with E-state index < -0.39 is 0 Å². The second kappa shape index (κ2) is 12.5. The number of rotatable bonds is 12. The van der Waals surface area contributed by atoms with Crippen LogP contribution in [0.3, 0.4) is 0 Å². The number of halogens is 1. The van der Waals surface area contributed by atoms with Gasteiger partial charge < -0.3 is 20.3 Å². The van der Waals surface area contributed by atoms with E-state index in [0.29, 0.717) is 18.4 Å². The smallest absolute Gasteiger partial charge is 0.125 e. The lowest BCUT2D eigenvalue weighted by atomic mass is 9.92. The second-order valence-corrected chi connectivity index (χ2v) is 9.70. The molecule has 1 aliphatic carbocycles. The molecule has 0 saturated carbocycles. The van der Waals surface area contributed by atoms with E-state index in [1.54, 1.807) is 0 Å². The summed E-state index contributed by atoms with van der Waals surface area (Å²) in [6.45, 7) is 11.0. The van der Waals surface area contributed by atoms with Crippen molar-refractivity contribution in [1.29, 1.82) is 0 Å². The van der Waals surface area contributed by atoms with Gasteiger partial charge in [0.1, 0.15) is 11.7 Å². The summed E-state index contributed by atoms with van der Waals surface area (Å²) in [6, 6.07) is 4.27. The molecule has 1 aromatic rings. The van der Waals surface area contributed by atoms with Crippen LogP contribution in [0.25, 0.3) is 0 Å². The number of amidine groups is 1. The Balaban J connectivity index is 1.25. The summed E-state index contributed by atoms with van der Waals surface area (Å²) in [5.74, 6) is 2.83. The second-order valence-electron chi connectivity index (χ2n) is 9.26. The van der Waals surface area contributed by atoms with E-state index in [1.165, 1.54) is 11.1 Å². The summed E-state index contributed by atoms with van der Waals surface area (Å²) >= 11 is 6.00. The highest BCUT2D eigenvalue weighted by Gasteiger charge is 2.30. The van der Waals surface area contributed by atoms with Crippen LogP contribution in [0.5, 0.6) is 0 Å². The fourth-order valence-electron chi connectivity index (χ4n) is 4.73. The third-order valence-corrected chi connectivity index (χ3v) is 7.14. The van der Waals surface area contributed by atoms with Gasteiger partial charge in [0.15, 0.2) is 0 Å². The third-order valence-electron chi connectivity index (χ3n) is 6.86. The van der Waals surface area contributed by atoms with E-state index in [4.69, 9.17) is 21.3 Å². The van der Waals surface area contributed by atoms with E-state index >= 15 is 0 Å². The maximum atomic E-state index is 6.15. The summed E-state index contributed by atoms with van der Waals surface area (Å²) in [6.07, 6.45) is 13.6. The quantitative estimate of drug-likeness (QED) is 0.431. The molecule has 6 nitrogen and oxygen atoms in total. The van der Waals surface area contributed by atoms with E-state index in [2.05, 4.69) is 64.7 Å². The number of pyridine rings is 1. The number of nitrogens with one attached hydrogen (secondary N) is 2. The highest BCUT2D eigenvalue weighted by Crippen LogP contribution is 2.26. The van der Waals surface area contributed by atoms with Crippen molar-refractivity contribution in [3.63, 3.8) is 0 Å². The number of aliphatic imine (C=N–C) groups is 1. The molecule has 0 aromatic carbocycles. The third kappa shape index (κ3) is 6.94. The molecular weight excluding hydrogens is 446 g/mol. The van der Waals surface area contributed by atoms with Crippen molar-refractivity contribution < 1.29 is 4.74 Å². The van der Waals surface area contributed by atoms with Crippen LogP contribution in [0.1, 0.15) is 32.3 Å². The minimum atomic E-state index is 0.0844. The molecule has 1 aromatic heterocycles. The topological polar surface area (TPSA) is 61.8 Å². The predicted molar refractivity (Wildman–Crippen MR) is 142 cm³/mol. The summed E-state index contributed by atoms with van der Waals surface area (Å²) < 4.78 is 6.15. The largest absolute Gasteiger partial charge is 0.372 e. The Kier molecular flexibility index (Phi) is 9.19. The Bertz CT molecular complexity index is 919. The van der Waals surface area contributed by atoms with Gasteiger partial charge in [-0.25, -0.2) is 4.98 Å². The minimum Gasteiger partial charge on any atom is -0.372 e. The lowest BCUT2D eigenvalue weighted by molar-refractivity contribution is 0.0813. The number of allylic oxidation sites excluding steroid dienone is 3. The Morgan fingerprint density at radius 3 is 2.88 bits per heavy atom. The molecule has 3 atom stereocenters. The van der Waals surface area contributed by atoms with Gasteiger partial charge in [0.2, 0.25) is 0 Å². The molecule has 0 spiro atoms. The van der Waals surface area contributed by atoms with Gasteiger partial charge in [0.05, 0.1) is 12.6 Å². The molecule has 0 bridgehead atoms. The van der Waals surface area contributed by atoms with Crippen LogP contribution in [0.4, 0.5) is 5.82 Å². The van der Waals surface area contributed by atoms with Crippen LogP contribution >= 0.6 is 11.6 Å². The zero-order valence-corrected chi connectivity index (χ0v) is 21.2. The molecule has 184 valence electrons. The van der Waals surface area contributed by atoms with Gasteiger partial charge in [-0.2, -0.15) is 0 Å². The molecule has 0 radical (unpaired) electrons. The lowest BCUT2D eigenvalue weighted by Gasteiger charge is -2.21. The first-order chi connectivity index (χ1) is 16.6. The first-order valence-electron chi connectivity index (χ1n) is 12.7. The van der Waals surface area contributed by atoms with Gasteiger partial charge in [-0.05, 0) is 67.6 Å². The number of fused-ring (bicyclic) bond motifs is 1. The molecule has 34 heavy (non-hydrogen) atoms. The summed E-state index contributed by atoms with van der Waals surface area (Å²) in [5, 5.41) is 7.76. The Labute approximate surface area is 209 Å². The molecule has 0 amide bonds. The zero-order chi connectivity index (χ0) is 23.8. The molecule has 3 heterocycles. The summed E-state index contributed by atoms with van der Waals surface area (Å²) in [4.78, 5) is 11.8. The molecule has 2 N–H and O–H groups in total. The molecule has 4 rings (SSSR count). The Morgan fingerprint density at radius 1 is 1.26 bits per heavy atom. The van der Waals surface area contributed by atoms with Crippen molar-refractivity contribution in [3.05, 3.63) is 58.8 Å². The van der Waals surface area contributed by atoms with E-state index in [9.17, 15) is 0 Å². The summed E-state index contributed by atoms with van der Waals surface area (Å²) in [7, 11) is 0. The zero-order valence-electron chi connectivity index (χ0n) is 20.5. The summed E-state index contributed by atoms with van der Waals surface area (Å²) in [5.41, 5.74) is 2.55. The van der Waals surface area contributed by atoms with Gasteiger partial charge in [0.25, 0.3) is 0 Å². The lowest BCUT2D eigenvalue weighted by Crippen LogP contribution is -2.28. The maximum absolute atomic E-state index is 6.15. The van der Waals surface area contributed by atoms with Crippen LogP contribution in [0.2, 0.25) is 0 Å². The number of dihydropyridines is 1. The predicted octanol–water partition coefficient (Wildman–Crippen LogP) is 4.41. The van der Waals surface area contributed by atoms with Crippen LogP contribution in [0, 0.1) is 11.8 Å². The highest BCUT2D eigenvalue weighted by molar-refractivity contribution is 6.31. The normalized spacial score (nSPS) is 23.8. The molecule has 1 saturated heterocycles. The fraction of sp³-hybridized carbons (Fsp3) is 0.556. The average molecular weight is 484 g/mol. The highest BCUT2D eigenvalue weighted by atomic mass is 35.5. The number of hydrogen-bond acceptors (Lipinski definition) is 6.